The number of halogens is 1. The fraction of sp³-hybridized carbons (Fsp3) is 0.769. The Bertz CT molecular complexity index is 415. The summed E-state index contributed by atoms with van der Waals surface area (Å²) in [5, 5.41) is 2.62. The number of nitrogens with one attached hydrogen (secondary N) is 1. The molecule has 1 saturated heterocycles. The second-order valence-corrected chi connectivity index (χ2v) is 5.42. The average molecular weight is 322 g/mol. The normalized spacial score (nSPS) is 32.1. The average Bonchev–Trinajstić information content (AvgIpc) is 2.35. The highest BCUT2D eigenvalue weighted by molar-refractivity contribution is 6.20. The molecule has 1 heterocycles. The Morgan fingerprint density at radius 1 is 1.19 bits per heavy atom. The molecule has 120 valence electrons. The van der Waals surface area contributed by atoms with Gasteiger partial charge in [-0.3, -0.25) is 14.4 Å². The minimum absolute atomic E-state index is 0.00424. The van der Waals surface area contributed by atoms with Gasteiger partial charge in [-0.2, -0.15) is 0 Å². The van der Waals surface area contributed by atoms with Crippen molar-refractivity contribution in [2.45, 2.75) is 51.5 Å². The van der Waals surface area contributed by atoms with Gasteiger partial charge in [0.2, 0.25) is 5.91 Å². The first kappa shape index (κ1) is 17.7. The van der Waals surface area contributed by atoms with Crippen LogP contribution in [0, 0.1) is 5.92 Å². The van der Waals surface area contributed by atoms with Crippen LogP contribution in [0.1, 0.15) is 27.7 Å². The van der Waals surface area contributed by atoms with Crippen LogP contribution < -0.4 is 5.32 Å². The lowest BCUT2D eigenvalue weighted by molar-refractivity contribution is -0.181. The summed E-state index contributed by atoms with van der Waals surface area (Å²) in [7, 11) is 0. The molecule has 0 bridgehead atoms. The summed E-state index contributed by atoms with van der Waals surface area (Å²) in [4.78, 5) is 33.4. The number of amides is 1. The molecule has 1 fully saturated rings. The number of hydrogen-bond acceptors (Lipinski definition) is 6. The second-order valence-electron chi connectivity index (χ2n) is 4.99. The van der Waals surface area contributed by atoms with Gasteiger partial charge in [0.25, 0.3) is 0 Å². The Hall–Kier alpha value is -1.34. The lowest BCUT2D eigenvalue weighted by Gasteiger charge is -2.43. The molecule has 0 aromatic carbocycles. The fourth-order valence-electron chi connectivity index (χ4n) is 2.21. The molecule has 21 heavy (non-hydrogen) atoms. The summed E-state index contributed by atoms with van der Waals surface area (Å²) in [5.41, 5.74) is -0.894. The molecule has 7 nitrogen and oxygen atoms in total. The van der Waals surface area contributed by atoms with Crippen molar-refractivity contribution < 1.29 is 28.6 Å². The Morgan fingerprint density at radius 2 is 1.81 bits per heavy atom. The molecular weight excluding hydrogens is 302 g/mol. The summed E-state index contributed by atoms with van der Waals surface area (Å²) < 4.78 is 15.7. The third-order valence-corrected chi connectivity index (χ3v) is 3.54. The van der Waals surface area contributed by atoms with Gasteiger partial charge >= 0.3 is 11.9 Å². The Labute approximate surface area is 128 Å². The van der Waals surface area contributed by atoms with E-state index in [0.717, 1.165) is 0 Å². The maximum Gasteiger partial charge on any atom is 0.302 e. The van der Waals surface area contributed by atoms with Gasteiger partial charge in [0, 0.05) is 26.7 Å². The molecule has 1 amide bonds. The number of rotatable bonds is 4. The van der Waals surface area contributed by atoms with E-state index in [1.165, 1.54) is 20.8 Å². The Morgan fingerprint density at radius 3 is 2.29 bits per heavy atom. The largest absolute Gasteiger partial charge is 0.463 e. The summed E-state index contributed by atoms with van der Waals surface area (Å²) >= 11 is 6.11. The van der Waals surface area contributed by atoms with Gasteiger partial charge in [-0.15, -0.1) is 0 Å². The minimum Gasteiger partial charge on any atom is -0.463 e. The van der Waals surface area contributed by atoms with Gasteiger partial charge in [0.15, 0.2) is 5.56 Å². The zero-order valence-electron chi connectivity index (χ0n) is 12.4. The fourth-order valence-corrected chi connectivity index (χ4v) is 2.55. The highest BCUT2D eigenvalue weighted by atomic mass is 35.5. The van der Waals surface area contributed by atoms with E-state index < -0.39 is 35.8 Å². The summed E-state index contributed by atoms with van der Waals surface area (Å²) in [6, 6.07) is -0.670. The van der Waals surface area contributed by atoms with Gasteiger partial charge in [-0.25, -0.2) is 0 Å². The van der Waals surface area contributed by atoms with Crippen LogP contribution in [0.3, 0.4) is 0 Å². The number of esters is 2. The van der Waals surface area contributed by atoms with E-state index in [9.17, 15) is 14.4 Å². The molecule has 0 aromatic rings. The first-order valence-electron chi connectivity index (χ1n) is 6.59. The predicted molar refractivity (Wildman–Crippen MR) is 73.5 cm³/mol. The molecule has 1 aliphatic rings. The molecular formula is C13H20ClNO6. The number of carbonyl (C=O) groups is 3. The monoisotopic (exact) mass is 321 g/mol. The molecule has 0 spiro atoms. The van der Waals surface area contributed by atoms with E-state index in [-0.39, 0.29) is 18.4 Å². The van der Waals surface area contributed by atoms with Crippen LogP contribution >= 0.6 is 11.6 Å². The van der Waals surface area contributed by atoms with Crippen molar-refractivity contribution in [1.82, 2.24) is 5.32 Å². The third kappa shape index (κ3) is 5.17. The molecule has 1 aliphatic heterocycles. The van der Waals surface area contributed by atoms with Gasteiger partial charge in [-0.05, 0) is 0 Å². The van der Waals surface area contributed by atoms with E-state index in [1.54, 1.807) is 6.92 Å². The van der Waals surface area contributed by atoms with Crippen LogP contribution in [-0.2, 0) is 28.6 Å². The van der Waals surface area contributed by atoms with Gasteiger partial charge < -0.3 is 19.5 Å². The van der Waals surface area contributed by atoms with Crippen LogP contribution in [0.15, 0.2) is 0 Å². The van der Waals surface area contributed by atoms with Crippen LogP contribution in [0.5, 0.6) is 0 Å². The molecule has 5 atom stereocenters. The van der Waals surface area contributed by atoms with Gasteiger partial charge in [0.05, 0.1) is 6.10 Å². The first-order chi connectivity index (χ1) is 9.72. The maximum absolute atomic E-state index is 11.3. The standard InChI is InChI=1S/C13H20ClNO6/c1-6-10(5-19-8(3)17)21-13(14)11(15-7(2)16)12(6)20-9(4)18/h6,10-13H,5H2,1-4H3,(H,15,16)/t6-,10+,11+,12-,13+/m0/s1. The van der Waals surface area contributed by atoms with Crippen molar-refractivity contribution in [2.75, 3.05) is 6.61 Å². The van der Waals surface area contributed by atoms with Crippen molar-refractivity contribution >= 4 is 29.4 Å². The second kappa shape index (κ2) is 7.61. The smallest absolute Gasteiger partial charge is 0.302 e. The zero-order valence-corrected chi connectivity index (χ0v) is 13.2. The van der Waals surface area contributed by atoms with Gasteiger partial charge in [0.1, 0.15) is 18.8 Å². The van der Waals surface area contributed by atoms with Gasteiger partial charge in [-0.1, -0.05) is 18.5 Å². The quantitative estimate of drug-likeness (QED) is 0.602. The number of carbonyl (C=O) groups excluding carboxylic acids is 3. The molecule has 0 aliphatic carbocycles. The van der Waals surface area contributed by atoms with Crippen molar-refractivity contribution in [3.63, 3.8) is 0 Å². The Balaban J connectivity index is 2.87. The SMILES string of the molecule is CC(=O)N[C@@H]1[C@@H](OC(C)=O)[C@@H](C)[C@@H](COC(C)=O)O[C@H]1Cl. The van der Waals surface area contributed by atoms with Crippen LogP contribution in [0.2, 0.25) is 0 Å². The molecule has 1 rings (SSSR count). The van der Waals surface area contributed by atoms with Crippen molar-refractivity contribution in [1.29, 1.82) is 0 Å². The van der Waals surface area contributed by atoms with E-state index in [2.05, 4.69) is 5.32 Å². The molecule has 1 N–H and O–H groups in total. The molecule has 8 heteroatoms. The number of hydrogen-bond donors (Lipinski definition) is 1. The minimum atomic E-state index is -0.894. The van der Waals surface area contributed by atoms with Crippen LogP contribution in [0.25, 0.3) is 0 Å². The summed E-state index contributed by atoms with van der Waals surface area (Å²) in [6.45, 7) is 5.68. The molecule has 0 unspecified atom stereocenters. The Kier molecular flexibility index (Phi) is 6.42. The predicted octanol–water partition coefficient (Wildman–Crippen LogP) is 0.586. The number of ether oxygens (including phenoxy) is 3. The topological polar surface area (TPSA) is 90.9 Å². The van der Waals surface area contributed by atoms with E-state index in [1.807, 2.05) is 0 Å². The maximum atomic E-state index is 11.3. The van der Waals surface area contributed by atoms with E-state index in [4.69, 9.17) is 25.8 Å². The first-order valence-corrected chi connectivity index (χ1v) is 7.03. The molecule has 0 radical (unpaired) electrons. The summed E-state index contributed by atoms with van der Waals surface area (Å²) in [6.07, 6.45) is -1.19. The number of alkyl halides is 1. The van der Waals surface area contributed by atoms with Crippen molar-refractivity contribution in [2.24, 2.45) is 5.92 Å². The highest BCUT2D eigenvalue weighted by Gasteiger charge is 2.45. The summed E-state index contributed by atoms with van der Waals surface area (Å²) in [5.74, 6) is -1.54. The zero-order chi connectivity index (χ0) is 16.2. The van der Waals surface area contributed by atoms with Crippen molar-refractivity contribution in [3.05, 3.63) is 0 Å². The van der Waals surface area contributed by atoms with Crippen molar-refractivity contribution in [3.8, 4) is 0 Å². The lowest BCUT2D eigenvalue weighted by atomic mass is 9.90. The molecule has 0 aromatic heterocycles. The third-order valence-electron chi connectivity index (χ3n) is 3.17. The molecule has 0 saturated carbocycles. The highest BCUT2D eigenvalue weighted by Crippen LogP contribution is 2.30. The van der Waals surface area contributed by atoms with E-state index >= 15 is 0 Å². The van der Waals surface area contributed by atoms with Crippen LogP contribution in [0.4, 0.5) is 0 Å². The van der Waals surface area contributed by atoms with Crippen LogP contribution in [-0.4, -0.2) is 48.3 Å². The lowest BCUT2D eigenvalue weighted by Crippen LogP contribution is -2.60. The van der Waals surface area contributed by atoms with E-state index in [0.29, 0.717) is 0 Å².